The lowest BCUT2D eigenvalue weighted by molar-refractivity contribution is 0.199. The molecule has 56 valence electrons. The van der Waals surface area contributed by atoms with Gasteiger partial charge in [-0.05, 0) is 12.5 Å². The molecule has 11 heavy (non-hydrogen) atoms. The van der Waals surface area contributed by atoms with Crippen LogP contribution in [0.15, 0.2) is 24.3 Å². The SMILES string of the molecule is [C-]#[N+]c1ccc([C@@H](C)O)cc1. The molecule has 1 aromatic rings. The van der Waals surface area contributed by atoms with Gasteiger partial charge in [0, 0.05) is 0 Å². The molecule has 0 aromatic heterocycles. The van der Waals surface area contributed by atoms with Gasteiger partial charge in [-0.3, -0.25) is 0 Å². The van der Waals surface area contributed by atoms with Gasteiger partial charge in [0.05, 0.1) is 12.7 Å². The fraction of sp³-hybridized carbons (Fsp3) is 0.222. The summed E-state index contributed by atoms with van der Waals surface area (Å²) in [4.78, 5) is 3.24. The lowest BCUT2D eigenvalue weighted by atomic mass is 10.1. The summed E-state index contributed by atoms with van der Waals surface area (Å²) < 4.78 is 0. The molecule has 0 radical (unpaired) electrons. The maximum absolute atomic E-state index is 9.11. The Morgan fingerprint density at radius 3 is 2.27 bits per heavy atom. The average molecular weight is 147 g/mol. The second-order valence-corrected chi connectivity index (χ2v) is 2.38. The minimum absolute atomic E-state index is 0.449. The van der Waals surface area contributed by atoms with E-state index < -0.39 is 6.10 Å². The van der Waals surface area contributed by atoms with Crippen molar-refractivity contribution in [1.29, 1.82) is 0 Å². The molecule has 0 aliphatic rings. The minimum atomic E-state index is -0.449. The summed E-state index contributed by atoms with van der Waals surface area (Å²) in [7, 11) is 0. The van der Waals surface area contributed by atoms with Crippen molar-refractivity contribution in [2.45, 2.75) is 13.0 Å². The summed E-state index contributed by atoms with van der Waals surface area (Å²) >= 11 is 0. The number of aliphatic hydroxyl groups excluding tert-OH is 1. The van der Waals surface area contributed by atoms with Gasteiger partial charge in [0.2, 0.25) is 0 Å². The van der Waals surface area contributed by atoms with Crippen LogP contribution in [-0.2, 0) is 0 Å². The fourth-order valence-corrected chi connectivity index (χ4v) is 0.827. The normalized spacial score (nSPS) is 12.1. The molecular formula is C9H9NO. The van der Waals surface area contributed by atoms with E-state index in [9.17, 15) is 0 Å². The van der Waals surface area contributed by atoms with Gasteiger partial charge in [0.1, 0.15) is 0 Å². The highest BCUT2D eigenvalue weighted by Gasteiger charge is 1.98. The van der Waals surface area contributed by atoms with Crippen LogP contribution in [0.1, 0.15) is 18.6 Å². The Morgan fingerprint density at radius 2 is 1.91 bits per heavy atom. The highest BCUT2D eigenvalue weighted by molar-refractivity contribution is 5.45. The van der Waals surface area contributed by atoms with Crippen molar-refractivity contribution in [3.63, 3.8) is 0 Å². The van der Waals surface area contributed by atoms with Gasteiger partial charge in [0.15, 0.2) is 5.69 Å². The van der Waals surface area contributed by atoms with Crippen molar-refractivity contribution < 1.29 is 5.11 Å². The molecule has 0 unspecified atom stereocenters. The number of nitrogens with zero attached hydrogens (tertiary/aromatic N) is 1. The predicted molar refractivity (Wildman–Crippen MR) is 43.3 cm³/mol. The first-order valence-corrected chi connectivity index (χ1v) is 3.39. The Balaban J connectivity index is 2.94. The van der Waals surface area contributed by atoms with Crippen LogP contribution in [0, 0.1) is 6.57 Å². The Labute approximate surface area is 65.9 Å². The first kappa shape index (κ1) is 7.77. The van der Waals surface area contributed by atoms with Crippen LogP contribution in [0.5, 0.6) is 0 Å². The lowest BCUT2D eigenvalue weighted by Gasteiger charge is -2.02. The third-order valence-electron chi connectivity index (χ3n) is 1.50. The smallest absolute Gasteiger partial charge is 0.187 e. The second kappa shape index (κ2) is 3.18. The standard InChI is InChI=1S/C9H9NO/c1-7(11)8-3-5-9(10-2)6-4-8/h3-7,11H,1H3/t7-/m1/s1. The molecule has 2 heteroatoms. The minimum Gasteiger partial charge on any atom is -0.389 e. The van der Waals surface area contributed by atoms with Crippen LogP contribution in [0.4, 0.5) is 5.69 Å². The quantitative estimate of drug-likeness (QED) is 0.605. The highest BCUT2D eigenvalue weighted by Crippen LogP contribution is 2.17. The third-order valence-corrected chi connectivity index (χ3v) is 1.50. The zero-order valence-electron chi connectivity index (χ0n) is 6.28. The van der Waals surface area contributed by atoms with E-state index in [0.29, 0.717) is 5.69 Å². The largest absolute Gasteiger partial charge is 0.389 e. The van der Waals surface area contributed by atoms with Gasteiger partial charge >= 0.3 is 0 Å². The van der Waals surface area contributed by atoms with Crippen LogP contribution in [0.3, 0.4) is 0 Å². The maximum Gasteiger partial charge on any atom is 0.187 e. The van der Waals surface area contributed by atoms with Crippen molar-refractivity contribution in [2.75, 3.05) is 0 Å². The van der Waals surface area contributed by atoms with Gasteiger partial charge in [-0.2, -0.15) is 0 Å². The Bertz CT molecular complexity index is 269. The zero-order chi connectivity index (χ0) is 8.27. The molecule has 0 saturated carbocycles. The molecule has 0 spiro atoms. The number of hydrogen-bond acceptors (Lipinski definition) is 1. The van der Waals surface area contributed by atoms with Gasteiger partial charge < -0.3 is 5.11 Å². The summed E-state index contributed by atoms with van der Waals surface area (Å²) in [5, 5.41) is 9.11. The monoisotopic (exact) mass is 147 g/mol. The van der Waals surface area contributed by atoms with Crippen LogP contribution < -0.4 is 0 Å². The molecule has 1 N–H and O–H groups in total. The van der Waals surface area contributed by atoms with Gasteiger partial charge in [-0.1, -0.05) is 24.3 Å². The van der Waals surface area contributed by atoms with E-state index in [1.54, 1.807) is 31.2 Å². The molecule has 1 rings (SSSR count). The topological polar surface area (TPSA) is 24.6 Å². The molecule has 0 amide bonds. The van der Waals surface area contributed by atoms with Gasteiger partial charge in [0.25, 0.3) is 0 Å². The molecule has 1 aromatic carbocycles. The second-order valence-electron chi connectivity index (χ2n) is 2.38. The Morgan fingerprint density at radius 1 is 1.36 bits per heavy atom. The van der Waals surface area contributed by atoms with Crippen molar-refractivity contribution in [2.24, 2.45) is 0 Å². The van der Waals surface area contributed by atoms with E-state index in [2.05, 4.69) is 4.85 Å². The Kier molecular flexibility index (Phi) is 2.25. The van der Waals surface area contributed by atoms with Crippen molar-refractivity contribution >= 4 is 5.69 Å². The number of rotatable bonds is 1. The summed E-state index contributed by atoms with van der Waals surface area (Å²) in [6.45, 7) is 8.39. The molecule has 0 aliphatic heterocycles. The molecule has 2 nitrogen and oxygen atoms in total. The van der Waals surface area contributed by atoms with Crippen LogP contribution in [0.25, 0.3) is 4.85 Å². The van der Waals surface area contributed by atoms with Crippen molar-refractivity contribution in [1.82, 2.24) is 0 Å². The van der Waals surface area contributed by atoms with Crippen LogP contribution in [0.2, 0.25) is 0 Å². The molecular weight excluding hydrogens is 138 g/mol. The predicted octanol–water partition coefficient (Wildman–Crippen LogP) is 2.29. The molecule has 0 heterocycles. The van der Waals surface area contributed by atoms with Crippen LogP contribution >= 0.6 is 0 Å². The van der Waals surface area contributed by atoms with Crippen molar-refractivity contribution in [3.05, 3.63) is 41.2 Å². The van der Waals surface area contributed by atoms with E-state index in [1.165, 1.54) is 0 Å². The number of hydrogen-bond donors (Lipinski definition) is 1. The van der Waals surface area contributed by atoms with E-state index in [1.807, 2.05) is 0 Å². The van der Waals surface area contributed by atoms with Gasteiger partial charge in [-0.15, -0.1) is 0 Å². The third kappa shape index (κ3) is 1.79. The molecule has 1 atom stereocenters. The van der Waals surface area contributed by atoms with Crippen LogP contribution in [-0.4, -0.2) is 5.11 Å². The number of aliphatic hydroxyl groups is 1. The summed E-state index contributed by atoms with van der Waals surface area (Å²) in [5.74, 6) is 0. The fourth-order valence-electron chi connectivity index (χ4n) is 0.827. The molecule has 0 fully saturated rings. The molecule has 0 saturated heterocycles. The first-order valence-electron chi connectivity index (χ1n) is 3.39. The average Bonchev–Trinajstić information content (AvgIpc) is 2.05. The summed E-state index contributed by atoms with van der Waals surface area (Å²) in [6.07, 6.45) is -0.449. The summed E-state index contributed by atoms with van der Waals surface area (Å²) in [5.41, 5.74) is 1.45. The molecule has 0 bridgehead atoms. The Hall–Kier alpha value is -1.33. The zero-order valence-corrected chi connectivity index (χ0v) is 6.28. The first-order chi connectivity index (χ1) is 5.24. The highest BCUT2D eigenvalue weighted by atomic mass is 16.3. The molecule has 0 aliphatic carbocycles. The van der Waals surface area contributed by atoms with E-state index in [4.69, 9.17) is 11.7 Å². The summed E-state index contributed by atoms with van der Waals surface area (Å²) in [6, 6.07) is 6.93. The maximum atomic E-state index is 9.11. The van der Waals surface area contributed by atoms with E-state index >= 15 is 0 Å². The van der Waals surface area contributed by atoms with E-state index in [0.717, 1.165) is 5.56 Å². The lowest BCUT2D eigenvalue weighted by Crippen LogP contribution is -1.88. The van der Waals surface area contributed by atoms with Crippen molar-refractivity contribution in [3.8, 4) is 0 Å². The number of benzene rings is 1. The van der Waals surface area contributed by atoms with Gasteiger partial charge in [-0.25, -0.2) is 4.85 Å². The van der Waals surface area contributed by atoms with E-state index in [-0.39, 0.29) is 0 Å².